The van der Waals surface area contributed by atoms with E-state index in [1.165, 1.54) is 11.8 Å². The molecule has 0 radical (unpaired) electrons. The van der Waals surface area contributed by atoms with Crippen LogP contribution in [0.4, 0.5) is 5.69 Å². The summed E-state index contributed by atoms with van der Waals surface area (Å²) in [6.07, 6.45) is 1.87. The maximum Gasteiger partial charge on any atom is 0.264 e. The Balaban J connectivity index is 1.79. The van der Waals surface area contributed by atoms with Crippen molar-refractivity contribution in [2.75, 3.05) is 6.61 Å². The summed E-state index contributed by atoms with van der Waals surface area (Å²) < 4.78 is 6.54. The first-order chi connectivity index (χ1) is 12.0. The second-order valence-corrected chi connectivity index (χ2v) is 7.36. The van der Waals surface area contributed by atoms with Gasteiger partial charge in [-0.25, -0.2) is 4.99 Å². The number of aryl methyl sites for hydroxylation is 1. The van der Waals surface area contributed by atoms with E-state index in [9.17, 15) is 4.79 Å². The summed E-state index contributed by atoms with van der Waals surface area (Å²) in [5, 5.41) is 3.39. The number of benzene rings is 2. The van der Waals surface area contributed by atoms with Crippen LogP contribution in [0.3, 0.4) is 0 Å². The lowest BCUT2D eigenvalue weighted by atomic mass is 10.1. The van der Waals surface area contributed by atoms with Crippen molar-refractivity contribution in [1.29, 1.82) is 0 Å². The van der Waals surface area contributed by atoms with E-state index in [4.69, 9.17) is 4.74 Å². The Morgan fingerprint density at radius 1 is 1.24 bits per heavy atom. The monoisotopic (exact) mass is 416 g/mol. The van der Waals surface area contributed by atoms with E-state index in [1.54, 1.807) is 0 Å². The molecular weight excluding hydrogens is 400 g/mol. The number of carbonyl (C=O) groups is 1. The van der Waals surface area contributed by atoms with Crippen molar-refractivity contribution in [2.24, 2.45) is 4.99 Å². The predicted octanol–water partition coefficient (Wildman–Crippen LogP) is 5.05. The zero-order chi connectivity index (χ0) is 17.8. The molecule has 1 aliphatic heterocycles. The molecule has 6 heteroatoms. The number of ether oxygens (including phenoxy) is 1. The lowest BCUT2D eigenvalue weighted by Gasteiger charge is -2.07. The fourth-order valence-electron chi connectivity index (χ4n) is 2.34. The van der Waals surface area contributed by atoms with Crippen molar-refractivity contribution >= 4 is 50.5 Å². The molecule has 0 bridgehead atoms. The van der Waals surface area contributed by atoms with Crippen LogP contribution in [0, 0.1) is 6.92 Å². The first-order valence-corrected chi connectivity index (χ1v) is 9.44. The molecule has 2 aromatic rings. The SMILES string of the molecule is CCOc1ccc(/C=C2/SC(=Nc3ccc(Br)cc3)NC2=O)cc1C. The van der Waals surface area contributed by atoms with E-state index in [2.05, 4.69) is 26.2 Å². The van der Waals surface area contributed by atoms with Gasteiger partial charge in [0.1, 0.15) is 5.75 Å². The Kier molecular flexibility index (Phi) is 5.60. The highest BCUT2D eigenvalue weighted by Crippen LogP contribution is 2.29. The van der Waals surface area contributed by atoms with E-state index in [-0.39, 0.29) is 5.91 Å². The molecule has 1 heterocycles. The Morgan fingerprint density at radius 2 is 2.00 bits per heavy atom. The molecule has 25 heavy (non-hydrogen) atoms. The number of carbonyl (C=O) groups excluding carboxylic acids is 1. The molecule has 2 aromatic carbocycles. The largest absolute Gasteiger partial charge is 0.494 e. The molecule has 128 valence electrons. The van der Waals surface area contributed by atoms with Crippen molar-refractivity contribution in [3.05, 3.63) is 63.0 Å². The van der Waals surface area contributed by atoms with Crippen molar-refractivity contribution in [1.82, 2.24) is 5.32 Å². The van der Waals surface area contributed by atoms with Gasteiger partial charge in [0, 0.05) is 4.47 Å². The first kappa shape index (κ1) is 17.8. The Morgan fingerprint density at radius 3 is 2.68 bits per heavy atom. The Labute approximate surface area is 159 Å². The van der Waals surface area contributed by atoms with E-state index >= 15 is 0 Å². The molecular formula is C19H17BrN2O2S. The zero-order valence-electron chi connectivity index (χ0n) is 13.9. The molecule has 4 nitrogen and oxygen atoms in total. The summed E-state index contributed by atoms with van der Waals surface area (Å²) >= 11 is 4.73. The summed E-state index contributed by atoms with van der Waals surface area (Å²) in [4.78, 5) is 17.3. The first-order valence-electron chi connectivity index (χ1n) is 7.84. The van der Waals surface area contributed by atoms with Gasteiger partial charge in [-0.05, 0) is 79.2 Å². The number of rotatable bonds is 4. The number of amidine groups is 1. The van der Waals surface area contributed by atoms with Gasteiger partial charge in [-0.15, -0.1) is 0 Å². The van der Waals surface area contributed by atoms with E-state index in [0.29, 0.717) is 16.7 Å². The maximum absolute atomic E-state index is 12.2. The Bertz CT molecular complexity index is 860. The average molecular weight is 417 g/mol. The maximum atomic E-state index is 12.2. The lowest BCUT2D eigenvalue weighted by molar-refractivity contribution is -0.115. The van der Waals surface area contributed by atoms with Gasteiger partial charge in [0.15, 0.2) is 5.17 Å². The number of hydrogen-bond acceptors (Lipinski definition) is 4. The third-order valence-corrected chi connectivity index (χ3v) is 4.94. The highest BCUT2D eigenvalue weighted by atomic mass is 79.9. The molecule has 0 aromatic heterocycles. The third-order valence-electron chi connectivity index (χ3n) is 3.50. The molecule has 0 unspecified atom stereocenters. The van der Waals surface area contributed by atoms with Crippen LogP contribution in [0.1, 0.15) is 18.1 Å². The van der Waals surface area contributed by atoms with Crippen LogP contribution in [0.2, 0.25) is 0 Å². The minimum atomic E-state index is -0.132. The van der Waals surface area contributed by atoms with Crippen molar-refractivity contribution in [3.63, 3.8) is 0 Å². The molecule has 1 amide bonds. The zero-order valence-corrected chi connectivity index (χ0v) is 16.3. The second kappa shape index (κ2) is 7.89. The van der Waals surface area contributed by atoms with Gasteiger partial charge in [-0.1, -0.05) is 22.0 Å². The highest BCUT2D eigenvalue weighted by molar-refractivity contribution is 9.10. The molecule has 0 saturated carbocycles. The fourth-order valence-corrected chi connectivity index (χ4v) is 3.45. The molecule has 0 aliphatic carbocycles. The van der Waals surface area contributed by atoms with Gasteiger partial charge >= 0.3 is 0 Å². The summed E-state index contributed by atoms with van der Waals surface area (Å²) in [7, 11) is 0. The highest BCUT2D eigenvalue weighted by Gasteiger charge is 2.23. The normalized spacial score (nSPS) is 17.2. The summed E-state index contributed by atoms with van der Waals surface area (Å²) in [5.74, 6) is 0.734. The molecule has 1 saturated heterocycles. The van der Waals surface area contributed by atoms with Gasteiger partial charge in [0.2, 0.25) is 0 Å². The summed E-state index contributed by atoms with van der Waals surface area (Å²) in [6, 6.07) is 13.5. The molecule has 3 rings (SSSR count). The predicted molar refractivity (Wildman–Crippen MR) is 107 cm³/mol. The van der Waals surface area contributed by atoms with Crippen LogP contribution < -0.4 is 10.1 Å². The lowest BCUT2D eigenvalue weighted by Crippen LogP contribution is -2.19. The topological polar surface area (TPSA) is 50.7 Å². The van der Waals surface area contributed by atoms with E-state index in [0.717, 1.165) is 27.0 Å². The van der Waals surface area contributed by atoms with Crippen LogP contribution >= 0.6 is 27.7 Å². The van der Waals surface area contributed by atoms with E-state index in [1.807, 2.05) is 62.4 Å². The van der Waals surface area contributed by atoms with Crippen molar-refractivity contribution in [2.45, 2.75) is 13.8 Å². The smallest absolute Gasteiger partial charge is 0.264 e. The van der Waals surface area contributed by atoms with Gasteiger partial charge in [-0.3, -0.25) is 4.79 Å². The van der Waals surface area contributed by atoms with Crippen LogP contribution in [0.5, 0.6) is 5.75 Å². The van der Waals surface area contributed by atoms with Crippen LogP contribution in [0.25, 0.3) is 6.08 Å². The number of aliphatic imine (C=N–C) groups is 1. The van der Waals surface area contributed by atoms with Crippen molar-refractivity contribution < 1.29 is 9.53 Å². The standard InChI is InChI=1S/C19H17BrN2O2S/c1-3-24-16-9-4-13(10-12(16)2)11-17-18(23)22-19(25-17)21-15-7-5-14(20)6-8-15/h4-11H,3H2,1-2H3,(H,21,22,23)/b17-11+. The van der Waals surface area contributed by atoms with Gasteiger partial charge in [0.25, 0.3) is 5.91 Å². The van der Waals surface area contributed by atoms with Gasteiger partial charge in [-0.2, -0.15) is 0 Å². The minimum Gasteiger partial charge on any atom is -0.494 e. The molecule has 0 spiro atoms. The quantitative estimate of drug-likeness (QED) is 0.709. The number of nitrogens with one attached hydrogen (secondary N) is 1. The van der Waals surface area contributed by atoms with Gasteiger partial charge in [0.05, 0.1) is 17.2 Å². The van der Waals surface area contributed by atoms with Crippen LogP contribution in [-0.4, -0.2) is 17.7 Å². The van der Waals surface area contributed by atoms with Crippen LogP contribution in [0.15, 0.2) is 56.8 Å². The Hall–Kier alpha value is -2.05. The number of thioether (sulfide) groups is 1. The third kappa shape index (κ3) is 4.52. The molecule has 1 aliphatic rings. The number of hydrogen-bond donors (Lipinski definition) is 1. The second-order valence-electron chi connectivity index (χ2n) is 5.42. The van der Waals surface area contributed by atoms with E-state index < -0.39 is 0 Å². The number of nitrogens with zero attached hydrogens (tertiary/aromatic N) is 1. The van der Waals surface area contributed by atoms with Crippen molar-refractivity contribution in [3.8, 4) is 5.75 Å². The summed E-state index contributed by atoms with van der Waals surface area (Å²) in [6.45, 7) is 4.59. The fraction of sp³-hybridized carbons (Fsp3) is 0.158. The number of amides is 1. The average Bonchev–Trinajstić information content (AvgIpc) is 2.92. The molecule has 1 N–H and O–H groups in total. The van der Waals surface area contributed by atoms with Gasteiger partial charge < -0.3 is 10.1 Å². The molecule has 0 atom stereocenters. The number of halogens is 1. The van der Waals surface area contributed by atoms with Crippen LogP contribution in [-0.2, 0) is 4.79 Å². The summed E-state index contributed by atoms with van der Waals surface area (Å²) in [5.41, 5.74) is 2.80. The molecule has 1 fully saturated rings. The minimum absolute atomic E-state index is 0.132.